The monoisotopic (exact) mass is 284 g/mol. The van der Waals surface area contributed by atoms with Crippen molar-refractivity contribution >= 4 is 17.3 Å². The highest BCUT2D eigenvalue weighted by molar-refractivity contribution is 6.32. The van der Waals surface area contributed by atoms with Gasteiger partial charge in [-0.15, -0.1) is 0 Å². The summed E-state index contributed by atoms with van der Waals surface area (Å²) in [5.41, 5.74) is 3.77. The maximum atomic E-state index is 9.18. The first-order chi connectivity index (χ1) is 9.65. The zero-order valence-corrected chi connectivity index (χ0v) is 12.4. The molecule has 0 aromatic heterocycles. The van der Waals surface area contributed by atoms with E-state index >= 15 is 0 Å². The van der Waals surface area contributed by atoms with Crippen LogP contribution in [0.3, 0.4) is 0 Å². The molecule has 0 aliphatic rings. The first kappa shape index (κ1) is 14.4. The summed E-state index contributed by atoms with van der Waals surface area (Å²) < 4.78 is 0. The van der Waals surface area contributed by atoms with E-state index in [-0.39, 0.29) is 6.04 Å². The molecule has 1 atom stereocenters. The van der Waals surface area contributed by atoms with Crippen LogP contribution in [0, 0.1) is 11.3 Å². The van der Waals surface area contributed by atoms with Crippen molar-refractivity contribution in [3.8, 4) is 6.07 Å². The van der Waals surface area contributed by atoms with Crippen molar-refractivity contribution in [1.29, 1.82) is 5.26 Å². The number of nitrogens with zero attached hydrogens (tertiary/aromatic N) is 1. The van der Waals surface area contributed by atoms with Crippen LogP contribution >= 0.6 is 11.6 Å². The van der Waals surface area contributed by atoms with Crippen LogP contribution in [0.15, 0.2) is 42.5 Å². The van der Waals surface area contributed by atoms with Gasteiger partial charge in [-0.2, -0.15) is 5.26 Å². The molecule has 0 heterocycles. The summed E-state index contributed by atoms with van der Waals surface area (Å²) in [6.07, 6.45) is 1.04. The van der Waals surface area contributed by atoms with E-state index < -0.39 is 0 Å². The van der Waals surface area contributed by atoms with Crippen molar-refractivity contribution in [2.75, 3.05) is 5.32 Å². The number of halogens is 1. The topological polar surface area (TPSA) is 35.8 Å². The summed E-state index contributed by atoms with van der Waals surface area (Å²) in [4.78, 5) is 0. The molecule has 0 bridgehead atoms. The number of hydrogen-bond acceptors (Lipinski definition) is 2. The molecule has 0 saturated carbocycles. The van der Waals surface area contributed by atoms with Crippen molar-refractivity contribution in [3.63, 3.8) is 0 Å². The van der Waals surface area contributed by atoms with E-state index in [4.69, 9.17) is 11.6 Å². The van der Waals surface area contributed by atoms with Crippen LogP contribution in [0.5, 0.6) is 0 Å². The fraction of sp³-hybridized carbons (Fsp3) is 0.235. The highest BCUT2D eigenvalue weighted by Crippen LogP contribution is 2.27. The smallest absolute Gasteiger partial charge is 0.103 e. The van der Waals surface area contributed by atoms with Crippen LogP contribution in [0.1, 0.15) is 36.6 Å². The van der Waals surface area contributed by atoms with E-state index in [1.807, 2.05) is 12.1 Å². The zero-order valence-electron chi connectivity index (χ0n) is 11.7. The molecular weight excluding hydrogens is 268 g/mol. The van der Waals surface area contributed by atoms with Gasteiger partial charge in [-0.05, 0) is 36.6 Å². The molecule has 0 spiro atoms. The SMILES string of the molecule is CCc1ccc(C(C)Nc2cccc(Cl)c2C#N)cc1. The Morgan fingerprint density at radius 2 is 1.90 bits per heavy atom. The first-order valence-electron chi connectivity index (χ1n) is 6.69. The van der Waals surface area contributed by atoms with E-state index in [0.717, 1.165) is 12.1 Å². The van der Waals surface area contributed by atoms with Gasteiger partial charge in [0.2, 0.25) is 0 Å². The Kier molecular flexibility index (Phi) is 4.65. The highest BCUT2D eigenvalue weighted by Gasteiger charge is 2.10. The molecule has 0 amide bonds. The van der Waals surface area contributed by atoms with Crippen molar-refractivity contribution in [2.45, 2.75) is 26.3 Å². The Bertz CT molecular complexity index is 626. The minimum atomic E-state index is 0.117. The standard InChI is InChI=1S/C17H17ClN2/c1-3-13-7-9-14(10-8-13)12(2)20-17-6-4-5-16(18)15(17)11-19/h4-10,12,20H,3H2,1-2H3. The van der Waals surface area contributed by atoms with Gasteiger partial charge in [-0.1, -0.05) is 48.9 Å². The average molecular weight is 285 g/mol. The number of rotatable bonds is 4. The van der Waals surface area contributed by atoms with Gasteiger partial charge in [0.1, 0.15) is 6.07 Å². The number of anilines is 1. The highest BCUT2D eigenvalue weighted by atomic mass is 35.5. The maximum Gasteiger partial charge on any atom is 0.103 e. The van der Waals surface area contributed by atoms with Crippen LogP contribution in [0.4, 0.5) is 5.69 Å². The van der Waals surface area contributed by atoms with Crippen LogP contribution in [-0.4, -0.2) is 0 Å². The predicted octanol–water partition coefficient (Wildman–Crippen LogP) is 4.95. The summed E-state index contributed by atoms with van der Waals surface area (Å²) in [5.74, 6) is 0. The molecule has 2 rings (SSSR count). The van der Waals surface area contributed by atoms with Gasteiger partial charge >= 0.3 is 0 Å². The molecular formula is C17H17ClN2. The fourth-order valence-corrected chi connectivity index (χ4v) is 2.33. The Balaban J connectivity index is 2.21. The lowest BCUT2D eigenvalue weighted by Gasteiger charge is -2.17. The lowest BCUT2D eigenvalue weighted by atomic mass is 10.0. The number of hydrogen-bond donors (Lipinski definition) is 1. The molecule has 2 aromatic carbocycles. The molecule has 2 nitrogen and oxygen atoms in total. The second kappa shape index (κ2) is 6.45. The molecule has 0 aliphatic heterocycles. The van der Waals surface area contributed by atoms with Crippen molar-refractivity contribution in [1.82, 2.24) is 0 Å². The van der Waals surface area contributed by atoms with E-state index in [1.165, 1.54) is 11.1 Å². The van der Waals surface area contributed by atoms with Gasteiger partial charge in [-0.25, -0.2) is 0 Å². The molecule has 0 saturated heterocycles. The molecule has 2 aromatic rings. The van der Waals surface area contributed by atoms with Crippen LogP contribution in [-0.2, 0) is 6.42 Å². The second-order valence-electron chi connectivity index (χ2n) is 4.74. The predicted molar refractivity (Wildman–Crippen MR) is 84.0 cm³/mol. The molecule has 0 aliphatic carbocycles. The van der Waals surface area contributed by atoms with Crippen LogP contribution in [0.2, 0.25) is 5.02 Å². The van der Waals surface area contributed by atoms with Gasteiger partial charge in [-0.3, -0.25) is 0 Å². The third-order valence-electron chi connectivity index (χ3n) is 3.39. The summed E-state index contributed by atoms with van der Waals surface area (Å²) in [6.45, 7) is 4.21. The quantitative estimate of drug-likeness (QED) is 0.862. The van der Waals surface area contributed by atoms with Crippen molar-refractivity contribution in [2.24, 2.45) is 0 Å². The number of benzene rings is 2. The van der Waals surface area contributed by atoms with Gasteiger partial charge in [0.15, 0.2) is 0 Å². The zero-order chi connectivity index (χ0) is 14.5. The van der Waals surface area contributed by atoms with Gasteiger partial charge in [0.05, 0.1) is 16.3 Å². The second-order valence-corrected chi connectivity index (χ2v) is 5.14. The minimum Gasteiger partial charge on any atom is -0.377 e. The summed E-state index contributed by atoms with van der Waals surface area (Å²) in [6, 6.07) is 16.2. The van der Waals surface area contributed by atoms with Gasteiger partial charge in [0, 0.05) is 6.04 Å². The maximum absolute atomic E-state index is 9.18. The van der Waals surface area contributed by atoms with E-state index in [1.54, 1.807) is 6.07 Å². The Hall–Kier alpha value is -1.98. The summed E-state index contributed by atoms with van der Waals surface area (Å²) in [5, 5.41) is 13.0. The third kappa shape index (κ3) is 3.12. The molecule has 0 radical (unpaired) electrons. The van der Waals surface area contributed by atoms with E-state index in [9.17, 15) is 5.26 Å². The third-order valence-corrected chi connectivity index (χ3v) is 3.70. The van der Waals surface area contributed by atoms with E-state index in [2.05, 4.69) is 49.5 Å². The first-order valence-corrected chi connectivity index (χ1v) is 7.07. The normalized spacial score (nSPS) is 11.7. The molecule has 0 fully saturated rings. The van der Waals surface area contributed by atoms with Gasteiger partial charge < -0.3 is 5.32 Å². The summed E-state index contributed by atoms with van der Waals surface area (Å²) >= 11 is 6.04. The van der Waals surface area contributed by atoms with E-state index in [0.29, 0.717) is 10.6 Å². The minimum absolute atomic E-state index is 0.117. The largest absolute Gasteiger partial charge is 0.377 e. The molecule has 3 heteroatoms. The molecule has 20 heavy (non-hydrogen) atoms. The average Bonchev–Trinajstić information content (AvgIpc) is 2.47. The Labute approximate surface area is 125 Å². The number of aryl methyl sites for hydroxylation is 1. The van der Waals surface area contributed by atoms with Crippen LogP contribution < -0.4 is 5.32 Å². The molecule has 102 valence electrons. The van der Waals surface area contributed by atoms with Crippen molar-refractivity contribution < 1.29 is 0 Å². The fourth-order valence-electron chi connectivity index (χ4n) is 2.12. The van der Waals surface area contributed by atoms with Crippen molar-refractivity contribution in [3.05, 3.63) is 64.2 Å². The molecule has 1 N–H and O–H groups in total. The van der Waals surface area contributed by atoms with Gasteiger partial charge in [0.25, 0.3) is 0 Å². The Morgan fingerprint density at radius 1 is 1.20 bits per heavy atom. The summed E-state index contributed by atoms with van der Waals surface area (Å²) in [7, 11) is 0. The lowest BCUT2D eigenvalue weighted by Crippen LogP contribution is -2.08. The Morgan fingerprint density at radius 3 is 2.50 bits per heavy atom. The lowest BCUT2D eigenvalue weighted by molar-refractivity contribution is 0.882. The molecule has 1 unspecified atom stereocenters. The van der Waals surface area contributed by atoms with Crippen LogP contribution in [0.25, 0.3) is 0 Å². The number of nitriles is 1. The number of nitrogens with one attached hydrogen (secondary N) is 1.